The van der Waals surface area contributed by atoms with Gasteiger partial charge in [-0.05, 0) is 49.9 Å². The highest BCUT2D eigenvalue weighted by Gasteiger charge is 2.11. The summed E-state index contributed by atoms with van der Waals surface area (Å²) < 4.78 is 23.0. The fourth-order valence-corrected chi connectivity index (χ4v) is 3.12. The van der Waals surface area contributed by atoms with Gasteiger partial charge in [-0.15, -0.1) is 0 Å². The van der Waals surface area contributed by atoms with Crippen molar-refractivity contribution in [2.45, 2.75) is 45.6 Å². The smallest absolute Gasteiger partial charge is 0.150 e. The van der Waals surface area contributed by atoms with E-state index in [1.165, 1.54) is 5.56 Å². The molecule has 0 fully saturated rings. The molecule has 1 N–H and O–H groups in total. The first-order valence-corrected chi connectivity index (χ1v) is 9.22. The average molecular weight is 298 g/mol. The van der Waals surface area contributed by atoms with E-state index in [9.17, 15) is 8.42 Å². The molecule has 0 aliphatic carbocycles. The van der Waals surface area contributed by atoms with E-state index in [-0.39, 0.29) is 5.75 Å². The van der Waals surface area contributed by atoms with Crippen LogP contribution < -0.4 is 5.32 Å². The highest BCUT2D eigenvalue weighted by atomic mass is 32.2. The molecule has 1 rings (SSSR count). The van der Waals surface area contributed by atoms with Gasteiger partial charge in [0.15, 0.2) is 0 Å². The lowest BCUT2D eigenvalue weighted by Gasteiger charge is -2.17. The number of nitrogens with one attached hydrogen (secondary N) is 1. The second-order valence-corrected chi connectivity index (χ2v) is 7.50. The van der Waals surface area contributed by atoms with Crippen molar-refractivity contribution in [3.8, 4) is 0 Å². The first kappa shape index (κ1) is 17.1. The maximum Gasteiger partial charge on any atom is 0.150 e. The second-order valence-electron chi connectivity index (χ2n) is 5.03. The van der Waals surface area contributed by atoms with Crippen molar-refractivity contribution in [1.82, 2.24) is 10.3 Å². The maximum atomic E-state index is 11.5. The molecule has 0 aliphatic rings. The number of pyridine rings is 1. The molecule has 0 radical (unpaired) electrons. The quantitative estimate of drug-likeness (QED) is 0.719. The molecular formula is C15H26N2O2S. The molecule has 5 heteroatoms. The lowest BCUT2D eigenvalue weighted by atomic mass is 10.0. The van der Waals surface area contributed by atoms with Gasteiger partial charge in [0.25, 0.3) is 0 Å². The van der Waals surface area contributed by atoms with Gasteiger partial charge in [-0.3, -0.25) is 4.98 Å². The van der Waals surface area contributed by atoms with Gasteiger partial charge in [0.05, 0.1) is 5.75 Å². The Balaban J connectivity index is 2.36. The number of nitrogens with zero attached hydrogens (tertiary/aromatic N) is 1. The third-order valence-electron chi connectivity index (χ3n) is 3.47. The van der Waals surface area contributed by atoms with Crippen molar-refractivity contribution < 1.29 is 8.42 Å². The van der Waals surface area contributed by atoms with Crippen LogP contribution in [-0.2, 0) is 16.3 Å². The zero-order valence-corrected chi connectivity index (χ0v) is 13.3. The number of rotatable bonds is 10. The first-order chi connectivity index (χ1) is 9.57. The normalized spacial score (nSPS) is 13.3. The van der Waals surface area contributed by atoms with Crippen LogP contribution in [0.3, 0.4) is 0 Å². The van der Waals surface area contributed by atoms with Crippen molar-refractivity contribution in [3.05, 3.63) is 30.1 Å². The largest absolute Gasteiger partial charge is 0.314 e. The van der Waals surface area contributed by atoms with Crippen LogP contribution in [0.4, 0.5) is 0 Å². The van der Waals surface area contributed by atoms with Gasteiger partial charge < -0.3 is 5.32 Å². The summed E-state index contributed by atoms with van der Waals surface area (Å²) in [6.07, 6.45) is 7.31. The van der Waals surface area contributed by atoms with Crippen molar-refractivity contribution in [3.63, 3.8) is 0 Å². The van der Waals surface area contributed by atoms with E-state index >= 15 is 0 Å². The number of aryl methyl sites for hydroxylation is 1. The fourth-order valence-electron chi connectivity index (χ4n) is 2.22. The van der Waals surface area contributed by atoms with Crippen LogP contribution in [0.1, 0.15) is 38.7 Å². The predicted molar refractivity (Wildman–Crippen MR) is 83.6 cm³/mol. The van der Waals surface area contributed by atoms with Crippen LogP contribution in [0.5, 0.6) is 0 Å². The summed E-state index contributed by atoms with van der Waals surface area (Å²) in [6.45, 7) is 4.71. The molecule has 20 heavy (non-hydrogen) atoms. The maximum absolute atomic E-state index is 11.5. The monoisotopic (exact) mass is 298 g/mol. The van der Waals surface area contributed by atoms with Gasteiger partial charge in [0.1, 0.15) is 9.84 Å². The van der Waals surface area contributed by atoms with E-state index in [1.807, 2.05) is 24.5 Å². The van der Waals surface area contributed by atoms with Crippen LogP contribution in [0, 0.1) is 0 Å². The summed E-state index contributed by atoms with van der Waals surface area (Å²) in [5.41, 5.74) is 1.28. The van der Waals surface area contributed by atoms with Crippen LogP contribution in [-0.4, -0.2) is 37.5 Å². The molecule has 1 aromatic rings. The average Bonchev–Trinajstić information content (AvgIpc) is 2.46. The first-order valence-electron chi connectivity index (χ1n) is 7.40. The molecule has 4 nitrogen and oxygen atoms in total. The van der Waals surface area contributed by atoms with Crippen LogP contribution in [0.2, 0.25) is 0 Å². The number of hydrogen-bond acceptors (Lipinski definition) is 4. The molecule has 114 valence electrons. The van der Waals surface area contributed by atoms with Crippen LogP contribution in [0.25, 0.3) is 0 Å². The fraction of sp³-hybridized carbons (Fsp3) is 0.667. The Morgan fingerprint density at radius 2 is 1.90 bits per heavy atom. The van der Waals surface area contributed by atoms with E-state index in [2.05, 4.69) is 17.2 Å². The lowest BCUT2D eigenvalue weighted by molar-refractivity contribution is 0.459. The number of aromatic nitrogens is 1. The lowest BCUT2D eigenvalue weighted by Crippen LogP contribution is -2.30. The minimum absolute atomic E-state index is 0.246. The third-order valence-corrected chi connectivity index (χ3v) is 5.26. The summed E-state index contributed by atoms with van der Waals surface area (Å²) in [5, 5.41) is 3.45. The van der Waals surface area contributed by atoms with Gasteiger partial charge in [0.2, 0.25) is 0 Å². The van der Waals surface area contributed by atoms with E-state index in [0.717, 1.165) is 32.2 Å². The SMILES string of the molecule is CCNC(CCCS(=O)(=O)CC)CCc1ccncc1. The van der Waals surface area contributed by atoms with Gasteiger partial charge in [-0.1, -0.05) is 13.8 Å². The zero-order chi connectivity index (χ0) is 14.8. The molecule has 0 bridgehead atoms. The molecule has 0 spiro atoms. The minimum Gasteiger partial charge on any atom is -0.314 e. The zero-order valence-electron chi connectivity index (χ0n) is 12.5. The Bertz CT molecular complexity index is 460. The van der Waals surface area contributed by atoms with Crippen molar-refractivity contribution in [1.29, 1.82) is 0 Å². The Labute approximate surface area is 122 Å². The Morgan fingerprint density at radius 3 is 2.50 bits per heavy atom. The molecular weight excluding hydrogens is 272 g/mol. The molecule has 0 aromatic carbocycles. The highest BCUT2D eigenvalue weighted by molar-refractivity contribution is 7.91. The summed E-state index contributed by atoms with van der Waals surface area (Å²) in [4.78, 5) is 4.01. The Hall–Kier alpha value is -0.940. The summed E-state index contributed by atoms with van der Waals surface area (Å²) in [6, 6.07) is 4.45. The van der Waals surface area contributed by atoms with Gasteiger partial charge in [-0.25, -0.2) is 8.42 Å². The second kappa shape index (κ2) is 9.08. The van der Waals surface area contributed by atoms with Crippen LogP contribution in [0.15, 0.2) is 24.5 Å². The predicted octanol–water partition coefficient (Wildman–Crippen LogP) is 2.21. The van der Waals surface area contributed by atoms with Crippen molar-refractivity contribution in [2.75, 3.05) is 18.1 Å². The van der Waals surface area contributed by atoms with Crippen LogP contribution >= 0.6 is 0 Å². The van der Waals surface area contributed by atoms with Gasteiger partial charge >= 0.3 is 0 Å². The molecule has 0 saturated carbocycles. The van der Waals surface area contributed by atoms with E-state index in [0.29, 0.717) is 11.8 Å². The highest BCUT2D eigenvalue weighted by Crippen LogP contribution is 2.09. The van der Waals surface area contributed by atoms with Crippen molar-refractivity contribution >= 4 is 9.84 Å². The van der Waals surface area contributed by atoms with E-state index in [1.54, 1.807) is 6.92 Å². The molecule has 1 atom stereocenters. The molecule has 0 amide bonds. The Kier molecular flexibility index (Phi) is 7.77. The van der Waals surface area contributed by atoms with E-state index < -0.39 is 9.84 Å². The molecule has 1 aromatic heterocycles. The minimum atomic E-state index is -2.83. The number of sulfone groups is 1. The molecule has 0 aliphatic heterocycles. The molecule has 0 saturated heterocycles. The third kappa shape index (κ3) is 7.01. The standard InChI is InChI=1S/C15H26N2O2S/c1-3-17-15(6-5-13-20(18,19)4-2)8-7-14-9-11-16-12-10-14/h9-12,15,17H,3-8,13H2,1-2H3. The Morgan fingerprint density at radius 1 is 1.20 bits per heavy atom. The van der Waals surface area contributed by atoms with Gasteiger partial charge in [-0.2, -0.15) is 0 Å². The van der Waals surface area contributed by atoms with Crippen molar-refractivity contribution in [2.24, 2.45) is 0 Å². The summed E-state index contributed by atoms with van der Waals surface area (Å²) in [7, 11) is -2.83. The van der Waals surface area contributed by atoms with Gasteiger partial charge in [0, 0.05) is 24.2 Å². The summed E-state index contributed by atoms with van der Waals surface area (Å²) >= 11 is 0. The van der Waals surface area contributed by atoms with E-state index in [4.69, 9.17) is 0 Å². The molecule has 1 heterocycles. The topological polar surface area (TPSA) is 59.1 Å². The summed E-state index contributed by atoms with van der Waals surface area (Å²) in [5.74, 6) is 0.552. The molecule has 1 unspecified atom stereocenters. The number of hydrogen-bond donors (Lipinski definition) is 1.